The summed E-state index contributed by atoms with van der Waals surface area (Å²) in [4.78, 5) is 11.8. The van der Waals surface area contributed by atoms with Crippen molar-refractivity contribution in [2.45, 2.75) is 16.0 Å². The number of Topliss-reactive ketones (excluding diaryl/α,β-unsaturated/α-hetero) is 1. The second kappa shape index (κ2) is 4.35. The van der Waals surface area contributed by atoms with Crippen LogP contribution in [0.3, 0.4) is 0 Å². The minimum absolute atomic E-state index is 0.201. The SMILES string of the molecule is O=C(c1ccc(Cl)cc1)[C@@H]1O[C@H]1C(Cl)(Cl)Cl. The van der Waals surface area contributed by atoms with Crippen LogP contribution in [0.5, 0.6) is 0 Å². The number of epoxide rings is 1. The first-order chi connectivity index (χ1) is 7.39. The third kappa shape index (κ3) is 2.63. The maximum atomic E-state index is 11.8. The molecule has 0 radical (unpaired) electrons. The van der Waals surface area contributed by atoms with Crippen LogP contribution in [-0.4, -0.2) is 21.8 Å². The first-order valence-electron chi connectivity index (χ1n) is 4.41. The molecule has 1 aromatic carbocycles. The highest BCUT2D eigenvalue weighted by molar-refractivity contribution is 6.68. The third-order valence-corrected chi connectivity index (χ3v) is 3.10. The first kappa shape index (κ1) is 12.5. The van der Waals surface area contributed by atoms with Crippen molar-refractivity contribution in [1.29, 1.82) is 0 Å². The van der Waals surface area contributed by atoms with Crippen LogP contribution in [0.15, 0.2) is 24.3 Å². The van der Waals surface area contributed by atoms with E-state index in [2.05, 4.69) is 0 Å². The summed E-state index contributed by atoms with van der Waals surface area (Å²) in [5.74, 6) is -0.201. The van der Waals surface area contributed by atoms with Crippen LogP contribution in [0.25, 0.3) is 0 Å². The third-order valence-electron chi connectivity index (χ3n) is 2.20. The van der Waals surface area contributed by atoms with Crippen LogP contribution in [0.1, 0.15) is 10.4 Å². The summed E-state index contributed by atoms with van der Waals surface area (Å²) in [5, 5.41) is 0.561. The van der Waals surface area contributed by atoms with Crippen molar-refractivity contribution in [3.8, 4) is 0 Å². The number of alkyl halides is 3. The summed E-state index contributed by atoms with van der Waals surface area (Å²) in [6.07, 6.45) is -1.34. The average Bonchev–Trinajstić information content (AvgIpc) is 2.96. The van der Waals surface area contributed by atoms with E-state index >= 15 is 0 Å². The number of rotatable bonds is 2. The van der Waals surface area contributed by atoms with Crippen LogP contribution in [-0.2, 0) is 4.74 Å². The monoisotopic (exact) mass is 298 g/mol. The maximum absolute atomic E-state index is 11.8. The molecule has 0 bridgehead atoms. The molecule has 1 aliphatic heterocycles. The molecule has 1 heterocycles. The molecule has 1 fully saturated rings. The molecule has 0 N–H and O–H groups in total. The zero-order valence-corrected chi connectivity index (χ0v) is 10.8. The van der Waals surface area contributed by atoms with Gasteiger partial charge >= 0.3 is 0 Å². The van der Waals surface area contributed by atoms with Crippen molar-refractivity contribution in [1.82, 2.24) is 0 Å². The smallest absolute Gasteiger partial charge is 0.219 e. The van der Waals surface area contributed by atoms with Crippen molar-refractivity contribution >= 4 is 52.2 Å². The number of benzene rings is 1. The van der Waals surface area contributed by atoms with Crippen molar-refractivity contribution in [2.75, 3.05) is 0 Å². The molecule has 2 atom stereocenters. The minimum atomic E-state index is -1.56. The standard InChI is InChI=1S/C10H6Cl4O2/c11-6-3-1-5(2-4-6)7(15)8-9(16-8)10(12,13)14/h1-4,8-9H/t8-,9+/m0/s1. The molecule has 16 heavy (non-hydrogen) atoms. The predicted octanol–water partition coefficient (Wildman–Crippen LogP) is 3.66. The summed E-state index contributed by atoms with van der Waals surface area (Å²) < 4.78 is 3.49. The lowest BCUT2D eigenvalue weighted by molar-refractivity contribution is 0.0953. The van der Waals surface area contributed by atoms with E-state index in [1.54, 1.807) is 24.3 Å². The maximum Gasteiger partial charge on any atom is 0.219 e. The molecule has 0 saturated carbocycles. The van der Waals surface area contributed by atoms with Gasteiger partial charge < -0.3 is 4.74 Å². The molecule has 2 rings (SSSR count). The van der Waals surface area contributed by atoms with E-state index in [0.29, 0.717) is 10.6 Å². The minimum Gasteiger partial charge on any atom is -0.356 e. The predicted molar refractivity (Wildman–Crippen MR) is 64.7 cm³/mol. The lowest BCUT2D eigenvalue weighted by Gasteiger charge is -2.05. The molecule has 0 unspecified atom stereocenters. The van der Waals surface area contributed by atoms with Crippen molar-refractivity contribution < 1.29 is 9.53 Å². The van der Waals surface area contributed by atoms with E-state index in [4.69, 9.17) is 51.1 Å². The van der Waals surface area contributed by atoms with E-state index < -0.39 is 16.0 Å². The van der Waals surface area contributed by atoms with Gasteiger partial charge in [-0.1, -0.05) is 46.4 Å². The Balaban J connectivity index is 2.08. The van der Waals surface area contributed by atoms with Gasteiger partial charge in [0, 0.05) is 10.6 Å². The van der Waals surface area contributed by atoms with Gasteiger partial charge in [-0.05, 0) is 24.3 Å². The van der Waals surface area contributed by atoms with Gasteiger partial charge in [-0.2, -0.15) is 0 Å². The lowest BCUT2D eigenvalue weighted by atomic mass is 10.1. The number of ketones is 1. The van der Waals surface area contributed by atoms with Crippen LogP contribution in [0.4, 0.5) is 0 Å². The molecule has 0 amide bonds. The molecule has 1 aliphatic rings. The van der Waals surface area contributed by atoms with E-state index in [0.717, 1.165) is 0 Å². The van der Waals surface area contributed by atoms with Crippen molar-refractivity contribution in [3.63, 3.8) is 0 Å². The normalized spacial score (nSPS) is 24.2. The first-order valence-corrected chi connectivity index (χ1v) is 5.93. The number of ether oxygens (including phenoxy) is 1. The van der Waals surface area contributed by atoms with E-state index in [1.165, 1.54) is 0 Å². The average molecular weight is 300 g/mol. The number of halogens is 4. The second-order valence-electron chi connectivity index (χ2n) is 3.39. The zero-order valence-electron chi connectivity index (χ0n) is 7.79. The number of carbonyl (C=O) groups excluding carboxylic acids is 1. The van der Waals surface area contributed by atoms with Gasteiger partial charge in [-0.3, -0.25) is 4.79 Å². The van der Waals surface area contributed by atoms with Gasteiger partial charge in [-0.15, -0.1) is 0 Å². The van der Waals surface area contributed by atoms with Crippen LogP contribution in [0, 0.1) is 0 Å². The fraction of sp³-hybridized carbons (Fsp3) is 0.300. The second-order valence-corrected chi connectivity index (χ2v) is 6.20. The van der Waals surface area contributed by atoms with Gasteiger partial charge in [0.15, 0.2) is 11.9 Å². The fourth-order valence-corrected chi connectivity index (χ4v) is 1.96. The molecule has 0 aliphatic carbocycles. The summed E-state index contributed by atoms with van der Waals surface area (Å²) in [6, 6.07) is 6.48. The number of carbonyl (C=O) groups is 1. The molecule has 0 spiro atoms. The van der Waals surface area contributed by atoms with Gasteiger partial charge in [0.25, 0.3) is 0 Å². The summed E-state index contributed by atoms with van der Waals surface area (Å²) in [6.45, 7) is 0. The highest BCUT2D eigenvalue weighted by atomic mass is 35.6. The summed E-state index contributed by atoms with van der Waals surface area (Å²) in [7, 11) is 0. The van der Waals surface area contributed by atoms with E-state index in [-0.39, 0.29) is 5.78 Å². The van der Waals surface area contributed by atoms with E-state index in [1.807, 2.05) is 0 Å². The summed E-state index contributed by atoms with van der Waals surface area (Å²) >= 11 is 22.6. The van der Waals surface area contributed by atoms with Crippen molar-refractivity contribution in [2.24, 2.45) is 0 Å². The van der Waals surface area contributed by atoms with Crippen molar-refractivity contribution in [3.05, 3.63) is 34.9 Å². The summed E-state index contributed by atoms with van der Waals surface area (Å²) in [5.41, 5.74) is 0.492. The van der Waals surface area contributed by atoms with E-state index in [9.17, 15) is 4.79 Å². The molecule has 86 valence electrons. The van der Waals surface area contributed by atoms with Gasteiger partial charge in [-0.25, -0.2) is 0 Å². The Kier molecular flexibility index (Phi) is 3.39. The molecule has 6 heteroatoms. The Morgan fingerprint density at radius 3 is 2.19 bits per heavy atom. The quantitative estimate of drug-likeness (QED) is 0.474. The van der Waals surface area contributed by atoms with Crippen LogP contribution < -0.4 is 0 Å². The molecule has 1 aromatic rings. The molecule has 2 nitrogen and oxygen atoms in total. The van der Waals surface area contributed by atoms with Gasteiger partial charge in [0.05, 0.1) is 0 Å². The van der Waals surface area contributed by atoms with Crippen LogP contribution >= 0.6 is 46.4 Å². The van der Waals surface area contributed by atoms with Gasteiger partial charge in [0.1, 0.15) is 6.10 Å². The molecule has 0 aromatic heterocycles. The Morgan fingerprint density at radius 1 is 1.19 bits per heavy atom. The highest BCUT2D eigenvalue weighted by Crippen LogP contribution is 2.44. The lowest BCUT2D eigenvalue weighted by Crippen LogP contribution is -2.19. The molecular formula is C10H6Cl4O2. The Hall–Kier alpha value is 0.01000. The molecule has 1 saturated heterocycles. The van der Waals surface area contributed by atoms with Gasteiger partial charge in [0.2, 0.25) is 3.79 Å². The van der Waals surface area contributed by atoms with Crippen LogP contribution in [0.2, 0.25) is 5.02 Å². The topological polar surface area (TPSA) is 29.6 Å². The number of hydrogen-bond acceptors (Lipinski definition) is 2. The zero-order chi connectivity index (χ0) is 11.9. The number of hydrogen-bond donors (Lipinski definition) is 0. The largest absolute Gasteiger partial charge is 0.356 e. The Labute approximate surface area is 112 Å². The Morgan fingerprint density at radius 2 is 1.75 bits per heavy atom. The Bertz CT molecular complexity index is 410. The molecular weight excluding hydrogens is 294 g/mol. The fourth-order valence-electron chi connectivity index (χ4n) is 1.34. The highest BCUT2D eigenvalue weighted by Gasteiger charge is 2.56.